The predicted octanol–water partition coefficient (Wildman–Crippen LogP) is 1.75. The molecule has 0 aromatic heterocycles. The van der Waals surface area contributed by atoms with Crippen LogP contribution < -0.4 is 5.32 Å². The standard InChI is InChI=1S/C15H32N2O2/c1-5-14(6-2)17(8-10-18-4)11-13-12-19-9-7-15(13)16-3/h13-16H,5-12H2,1-4H3. The fraction of sp³-hybridized carbons (Fsp3) is 1.00. The first-order chi connectivity index (χ1) is 9.26. The van der Waals surface area contributed by atoms with Gasteiger partial charge in [-0.25, -0.2) is 0 Å². The SMILES string of the molecule is CCC(CC)N(CCOC)CC1COCCC1NC. The smallest absolute Gasteiger partial charge is 0.0589 e. The molecular weight excluding hydrogens is 240 g/mol. The molecule has 1 aliphatic heterocycles. The molecule has 0 bridgehead atoms. The number of hydrogen-bond donors (Lipinski definition) is 1. The topological polar surface area (TPSA) is 33.7 Å². The summed E-state index contributed by atoms with van der Waals surface area (Å²) in [6.07, 6.45) is 3.54. The lowest BCUT2D eigenvalue weighted by atomic mass is 9.94. The summed E-state index contributed by atoms with van der Waals surface area (Å²) in [6, 6.07) is 1.25. The van der Waals surface area contributed by atoms with Crippen molar-refractivity contribution < 1.29 is 9.47 Å². The molecular formula is C15H32N2O2. The predicted molar refractivity (Wildman–Crippen MR) is 79.6 cm³/mol. The van der Waals surface area contributed by atoms with E-state index in [1.165, 1.54) is 12.8 Å². The van der Waals surface area contributed by atoms with E-state index in [1.807, 2.05) is 0 Å². The quantitative estimate of drug-likeness (QED) is 0.693. The highest BCUT2D eigenvalue weighted by Crippen LogP contribution is 2.19. The van der Waals surface area contributed by atoms with E-state index in [2.05, 4.69) is 31.1 Å². The van der Waals surface area contributed by atoms with Gasteiger partial charge in [-0.1, -0.05) is 13.8 Å². The second kappa shape index (κ2) is 9.70. The van der Waals surface area contributed by atoms with E-state index in [0.29, 0.717) is 18.0 Å². The average molecular weight is 272 g/mol. The molecule has 1 rings (SSSR count). The van der Waals surface area contributed by atoms with Crippen LogP contribution >= 0.6 is 0 Å². The minimum atomic E-state index is 0.591. The van der Waals surface area contributed by atoms with Crippen LogP contribution in [0.1, 0.15) is 33.1 Å². The molecule has 1 fully saturated rings. The summed E-state index contributed by atoms with van der Waals surface area (Å²) in [5.41, 5.74) is 0. The van der Waals surface area contributed by atoms with Gasteiger partial charge in [0, 0.05) is 44.8 Å². The van der Waals surface area contributed by atoms with Gasteiger partial charge in [-0.15, -0.1) is 0 Å². The second-order valence-corrected chi connectivity index (χ2v) is 5.48. The summed E-state index contributed by atoms with van der Waals surface area (Å²) < 4.78 is 10.9. The van der Waals surface area contributed by atoms with Crippen LogP contribution in [0.2, 0.25) is 0 Å². The minimum Gasteiger partial charge on any atom is -0.383 e. The zero-order chi connectivity index (χ0) is 14.1. The van der Waals surface area contributed by atoms with E-state index in [9.17, 15) is 0 Å². The average Bonchev–Trinajstić information content (AvgIpc) is 2.46. The van der Waals surface area contributed by atoms with E-state index in [0.717, 1.165) is 39.3 Å². The summed E-state index contributed by atoms with van der Waals surface area (Å²) in [6.45, 7) is 9.28. The first kappa shape index (κ1) is 16.9. The van der Waals surface area contributed by atoms with Crippen LogP contribution in [0, 0.1) is 5.92 Å². The Labute approximate surface area is 118 Å². The van der Waals surface area contributed by atoms with Gasteiger partial charge in [0.25, 0.3) is 0 Å². The van der Waals surface area contributed by atoms with E-state index < -0.39 is 0 Å². The van der Waals surface area contributed by atoms with Gasteiger partial charge < -0.3 is 14.8 Å². The van der Waals surface area contributed by atoms with Crippen molar-refractivity contribution >= 4 is 0 Å². The Morgan fingerprint density at radius 2 is 2.11 bits per heavy atom. The van der Waals surface area contributed by atoms with Crippen molar-refractivity contribution in [2.24, 2.45) is 5.92 Å². The van der Waals surface area contributed by atoms with Crippen molar-refractivity contribution in [3.05, 3.63) is 0 Å². The molecule has 19 heavy (non-hydrogen) atoms. The molecule has 2 unspecified atom stereocenters. The van der Waals surface area contributed by atoms with Crippen molar-refractivity contribution in [1.29, 1.82) is 0 Å². The van der Waals surface area contributed by atoms with Gasteiger partial charge in [-0.3, -0.25) is 4.90 Å². The van der Waals surface area contributed by atoms with Crippen LogP contribution in [0.15, 0.2) is 0 Å². The van der Waals surface area contributed by atoms with Gasteiger partial charge in [0.2, 0.25) is 0 Å². The van der Waals surface area contributed by atoms with Gasteiger partial charge in [-0.2, -0.15) is 0 Å². The molecule has 2 atom stereocenters. The number of nitrogens with one attached hydrogen (secondary N) is 1. The Bertz CT molecular complexity index is 222. The van der Waals surface area contributed by atoms with Crippen LogP contribution in [0.25, 0.3) is 0 Å². The summed E-state index contributed by atoms with van der Waals surface area (Å²) >= 11 is 0. The van der Waals surface area contributed by atoms with Crippen LogP contribution in [0.4, 0.5) is 0 Å². The number of nitrogens with zero attached hydrogens (tertiary/aromatic N) is 1. The summed E-state index contributed by atoms with van der Waals surface area (Å²) in [7, 11) is 3.85. The molecule has 0 radical (unpaired) electrons. The number of methoxy groups -OCH3 is 1. The van der Waals surface area contributed by atoms with Crippen molar-refractivity contribution in [3.8, 4) is 0 Å². The zero-order valence-corrected chi connectivity index (χ0v) is 13.2. The lowest BCUT2D eigenvalue weighted by Gasteiger charge is -2.38. The molecule has 0 aromatic carbocycles. The molecule has 1 saturated heterocycles. The number of ether oxygens (including phenoxy) is 2. The molecule has 0 aromatic rings. The highest BCUT2D eigenvalue weighted by molar-refractivity contribution is 4.83. The Morgan fingerprint density at radius 3 is 2.68 bits per heavy atom. The van der Waals surface area contributed by atoms with Crippen LogP contribution in [-0.4, -0.2) is 64.1 Å². The molecule has 1 N–H and O–H groups in total. The van der Waals surface area contributed by atoms with Crippen LogP contribution in [-0.2, 0) is 9.47 Å². The third-order valence-corrected chi connectivity index (χ3v) is 4.36. The molecule has 0 amide bonds. The maximum Gasteiger partial charge on any atom is 0.0589 e. The van der Waals surface area contributed by atoms with Gasteiger partial charge in [0.1, 0.15) is 0 Å². The van der Waals surface area contributed by atoms with E-state index in [-0.39, 0.29) is 0 Å². The first-order valence-electron chi connectivity index (χ1n) is 7.74. The molecule has 0 aliphatic carbocycles. The molecule has 4 nitrogen and oxygen atoms in total. The minimum absolute atomic E-state index is 0.591. The van der Waals surface area contributed by atoms with Crippen LogP contribution in [0.3, 0.4) is 0 Å². The highest BCUT2D eigenvalue weighted by Gasteiger charge is 2.28. The summed E-state index contributed by atoms with van der Waals surface area (Å²) in [5, 5.41) is 3.45. The monoisotopic (exact) mass is 272 g/mol. The lowest BCUT2D eigenvalue weighted by molar-refractivity contribution is 0.00606. The van der Waals surface area contributed by atoms with Gasteiger partial charge in [0.05, 0.1) is 13.2 Å². The molecule has 1 aliphatic rings. The van der Waals surface area contributed by atoms with Crippen LogP contribution in [0.5, 0.6) is 0 Å². The second-order valence-electron chi connectivity index (χ2n) is 5.48. The van der Waals surface area contributed by atoms with Gasteiger partial charge in [0.15, 0.2) is 0 Å². The van der Waals surface area contributed by atoms with Crippen molar-refractivity contribution in [2.45, 2.75) is 45.2 Å². The van der Waals surface area contributed by atoms with Gasteiger partial charge >= 0.3 is 0 Å². The van der Waals surface area contributed by atoms with Crippen molar-refractivity contribution in [3.63, 3.8) is 0 Å². The Balaban J connectivity index is 2.57. The van der Waals surface area contributed by atoms with Gasteiger partial charge in [-0.05, 0) is 26.3 Å². The van der Waals surface area contributed by atoms with Crippen molar-refractivity contribution in [2.75, 3.05) is 47.1 Å². The fourth-order valence-corrected chi connectivity index (χ4v) is 3.09. The maximum absolute atomic E-state index is 5.67. The molecule has 114 valence electrons. The van der Waals surface area contributed by atoms with Crippen molar-refractivity contribution in [1.82, 2.24) is 10.2 Å². The molecule has 0 saturated carbocycles. The number of rotatable bonds is 9. The molecule has 4 heteroatoms. The molecule has 0 spiro atoms. The maximum atomic E-state index is 5.67. The zero-order valence-electron chi connectivity index (χ0n) is 13.2. The Hall–Kier alpha value is -0.160. The fourth-order valence-electron chi connectivity index (χ4n) is 3.09. The van der Waals surface area contributed by atoms with E-state index in [1.54, 1.807) is 7.11 Å². The number of hydrogen-bond acceptors (Lipinski definition) is 4. The van der Waals surface area contributed by atoms with E-state index >= 15 is 0 Å². The largest absolute Gasteiger partial charge is 0.383 e. The first-order valence-corrected chi connectivity index (χ1v) is 7.74. The van der Waals surface area contributed by atoms with E-state index in [4.69, 9.17) is 9.47 Å². The third-order valence-electron chi connectivity index (χ3n) is 4.36. The third kappa shape index (κ3) is 5.38. The summed E-state index contributed by atoms with van der Waals surface area (Å²) in [4.78, 5) is 2.59. The Morgan fingerprint density at radius 1 is 1.37 bits per heavy atom. The molecule has 1 heterocycles. The Kier molecular flexibility index (Phi) is 8.62. The summed E-state index contributed by atoms with van der Waals surface area (Å²) in [5.74, 6) is 0.594. The normalized spacial score (nSPS) is 24.3. The highest BCUT2D eigenvalue weighted by atomic mass is 16.5. The lowest BCUT2D eigenvalue weighted by Crippen LogP contribution is -2.49.